The molecule has 1 N–H and O–H groups in total. The molecule has 3 heterocycles. The van der Waals surface area contributed by atoms with Crippen molar-refractivity contribution in [2.45, 2.75) is 38.2 Å². The molecule has 0 saturated carbocycles. The van der Waals surface area contributed by atoms with Gasteiger partial charge < -0.3 is 14.4 Å². The summed E-state index contributed by atoms with van der Waals surface area (Å²) < 4.78 is 12.9. The fourth-order valence-electron chi connectivity index (χ4n) is 7.88. The normalized spacial score (nSPS) is 18.7. The Morgan fingerprint density at radius 2 is 1.46 bits per heavy atom. The largest absolute Gasteiger partial charge is 0.490 e. The maximum Gasteiger partial charge on any atom is 0.335 e. The van der Waals surface area contributed by atoms with E-state index in [1.165, 1.54) is 22.9 Å². The van der Waals surface area contributed by atoms with E-state index < -0.39 is 17.8 Å². The zero-order chi connectivity index (χ0) is 37.3. The van der Waals surface area contributed by atoms with Gasteiger partial charge in [0.1, 0.15) is 12.2 Å². The van der Waals surface area contributed by atoms with Crippen LogP contribution in [0.25, 0.3) is 6.08 Å². The number of ether oxygens (including phenoxy) is 2. The second kappa shape index (κ2) is 15.3. The van der Waals surface area contributed by atoms with E-state index in [2.05, 4.69) is 57.1 Å². The van der Waals surface area contributed by atoms with Crippen LogP contribution >= 0.6 is 34.2 Å². The molecule has 0 aliphatic carbocycles. The molecule has 0 radical (unpaired) electrons. The summed E-state index contributed by atoms with van der Waals surface area (Å²) in [5.74, 6) is -0.305. The van der Waals surface area contributed by atoms with E-state index in [4.69, 9.17) is 21.1 Å². The third-order valence-corrected chi connectivity index (χ3v) is 11.3. The van der Waals surface area contributed by atoms with Crippen molar-refractivity contribution in [2.24, 2.45) is 0 Å². The molecule has 10 heteroatoms. The van der Waals surface area contributed by atoms with Crippen LogP contribution in [0.2, 0.25) is 5.02 Å². The van der Waals surface area contributed by atoms with E-state index in [0.717, 1.165) is 51.1 Å². The number of benzene rings is 5. The zero-order valence-corrected chi connectivity index (χ0v) is 32.5. The molecule has 8 rings (SSSR count). The summed E-state index contributed by atoms with van der Waals surface area (Å²) in [5, 5.41) is 3.06. The van der Waals surface area contributed by atoms with Crippen molar-refractivity contribution in [3.05, 3.63) is 157 Å². The van der Waals surface area contributed by atoms with Crippen LogP contribution in [0.15, 0.2) is 115 Å². The molecule has 2 atom stereocenters. The molecular formula is C44H37ClIN3O5. The highest BCUT2D eigenvalue weighted by molar-refractivity contribution is 14.1. The first-order chi connectivity index (χ1) is 26.3. The van der Waals surface area contributed by atoms with E-state index in [1.807, 2.05) is 79.7 Å². The number of imide groups is 2. The molecule has 0 spiro atoms. The van der Waals surface area contributed by atoms with Crippen molar-refractivity contribution >= 4 is 69.5 Å². The van der Waals surface area contributed by atoms with Gasteiger partial charge in [-0.2, -0.15) is 0 Å². The van der Waals surface area contributed by atoms with Crippen molar-refractivity contribution in [3.8, 4) is 11.5 Å². The number of barbiturate groups is 1. The van der Waals surface area contributed by atoms with Crippen LogP contribution in [-0.2, 0) is 16.2 Å². The van der Waals surface area contributed by atoms with E-state index >= 15 is 0 Å². The topological polar surface area (TPSA) is 88.2 Å². The number of carbonyl (C=O) groups excluding carboxylic acids is 3. The molecule has 4 amide bonds. The van der Waals surface area contributed by atoms with Gasteiger partial charge in [0, 0.05) is 35.6 Å². The Kier molecular flexibility index (Phi) is 10.2. The molecule has 1 fully saturated rings. The molecule has 1 saturated heterocycles. The van der Waals surface area contributed by atoms with Gasteiger partial charge in [-0.15, -0.1) is 0 Å². The van der Waals surface area contributed by atoms with Gasteiger partial charge in [-0.25, -0.2) is 9.69 Å². The lowest BCUT2D eigenvalue weighted by Crippen LogP contribution is -2.54. The maximum atomic E-state index is 14.4. The average molecular weight is 850 g/mol. The second-order valence-electron chi connectivity index (χ2n) is 13.6. The Balaban J connectivity index is 1.19. The number of nitrogens with one attached hydrogen (secondary N) is 1. The van der Waals surface area contributed by atoms with Gasteiger partial charge in [0.25, 0.3) is 11.8 Å². The first-order valence-electron chi connectivity index (χ1n) is 18.1. The molecule has 0 unspecified atom stereocenters. The van der Waals surface area contributed by atoms with Crippen LogP contribution in [0, 0.1) is 3.57 Å². The minimum absolute atomic E-state index is 0.0731. The van der Waals surface area contributed by atoms with Crippen LogP contribution in [0.3, 0.4) is 0 Å². The van der Waals surface area contributed by atoms with Gasteiger partial charge >= 0.3 is 6.03 Å². The third-order valence-electron chi connectivity index (χ3n) is 10.3. The maximum absolute atomic E-state index is 14.4. The highest BCUT2D eigenvalue weighted by atomic mass is 127. The number of urea groups is 1. The molecule has 54 heavy (non-hydrogen) atoms. The summed E-state index contributed by atoms with van der Waals surface area (Å²) >= 11 is 8.33. The van der Waals surface area contributed by atoms with E-state index in [0.29, 0.717) is 34.4 Å². The van der Waals surface area contributed by atoms with E-state index in [9.17, 15) is 14.4 Å². The molecule has 8 nitrogen and oxygen atoms in total. The van der Waals surface area contributed by atoms with Gasteiger partial charge in [0.2, 0.25) is 0 Å². The summed E-state index contributed by atoms with van der Waals surface area (Å²) in [6.45, 7) is 4.34. The zero-order valence-electron chi connectivity index (χ0n) is 29.6. The first-order valence-corrected chi connectivity index (χ1v) is 19.5. The monoisotopic (exact) mass is 849 g/mol. The number of halogens is 2. The predicted octanol–water partition coefficient (Wildman–Crippen LogP) is 9.47. The number of amides is 4. The van der Waals surface area contributed by atoms with Gasteiger partial charge in [0.05, 0.1) is 15.9 Å². The van der Waals surface area contributed by atoms with E-state index in [-0.39, 0.29) is 24.0 Å². The van der Waals surface area contributed by atoms with Crippen LogP contribution < -0.4 is 24.6 Å². The number of nitrogens with zero attached hydrogens (tertiary/aromatic N) is 2. The minimum atomic E-state index is -0.778. The first kappa shape index (κ1) is 35.9. The summed E-state index contributed by atoms with van der Waals surface area (Å²) in [5.41, 5.74) is 7.42. The summed E-state index contributed by atoms with van der Waals surface area (Å²) in [6, 6.07) is 34.9. The summed E-state index contributed by atoms with van der Waals surface area (Å²) in [4.78, 5) is 45.1. The smallest absolute Gasteiger partial charge is 0.335 e. The minimum Gasteiger partial charge on any atom is -0.490 e. The lowest BCUT2D eigenvalue weighted by Gasteiger charge is -2.44. The Labute approximate surface area is 332 Å². The highest BCUT2D eigenvalue weighted by Crippen LogP contribution is 2.50. The van der Waals surface area contributed by atoms with Crippen molar-refractivity contribution in [1.82, 2.24) is 5.32 Å². The number of anilines is 2. The lowest BCUT2D eigenvalue weighted by molar-refractivity contribution is -0.122. The van der Waals surface area contributed by atoms with Crippen molar-refractivity contribution in [1.29, 1.82) is 0 Å². The van der Waals surface area contributed by atoms with Crippen molar-refractivity contribution in [3.63, 3.8) is 0 Å². The Bertz CT molecular complexity index is 2220. The molecule has 0 aromatic heterocycles. The molecule has 272 valence electrons. The standard InChI is InChI=1S/C44H37ClIN3O5/c1-2-53-39-23-28(22-38(46)41(39)54-26-27-10-9-15-31(45)20-27)21-37-42(50)47-44(52)49(43(37)51)32-24-35-33(29-11-5-3-6-12-29)16-18-48-19-17-34(36(25-32)40(35)48)30-13-7-4-8-14-30/h3-15,20-25,33-34H,2,16-19,26H2,1H3,(H,47,50,52)/b37-21+/t33-,34-/m1/s1. The van der Waals surface area contributed by atoms with Crippen LogP contribution in [0.5, 0.6) is 11.5 Å². The quantitative estimate of drug-likeness (QED) is 0.0904. The summed E-state index contributed by atoms with van der Waals surface area (Å²) in [7, 11) is 0. The fourth-order valence-corrected chi connectivity index (χ4v) is 8.88. The third kappa shape index (κ3) is 6.98. The van der Waals surface area contributed by atoms with Crippen LogP contribution in [0.1, 0.15) is 65.0 Å². The molecule has 3 aliphatic heterocycles. The molecule has 5 aromatic carbocycles. The predicted molar refractivity (Wildman–Crippen MR) is 220 cm³/mol. The Hall–Kier alpha value is -5.13. The van der Waals surface area contributed by atoms with Gasteiger partial charge in [-0.3, -0.25) is 14.9 Å². The Morgan fingerprint density at radius 3 is 2.07 bits per heavy atom. The number of hydrogen-bond acceptors (Lipinski definition) is 6. The number of carbonyl (C=O) groups is 3. The fraction of sp³-hybridized carbons (Fsp3) is 0.205. The SMILES string of the molecule is CCOc1cc(/C=C2\C(=O)NC(=O)N(c3cc4c5c(c3)[C@@H](c3ccccc3)CCN5CC[C@@H]4c3ccccc3)C2=O)cc(I)c1OCc1cccc(Cl)c1. The van der Waals surface area contributed by atoms with Crippen LogP contribution in [0.4, 0.5) is 16.2 Å². The average Bonchev–Trinajstić information content (AvgIpc) is 3.17. The number of hydrogen-bond donors (Lipinski definition) is 1. The highest BCUT2D eigenvalue weighted by Gasteiger charge is 2.40. The second-order valence-corrected chi connectivity index (χ2v) is 15.2. The van der Waals surface area contributed by atoms with Crippen molar-refractivity contribution < 1.29 is 23.9 Å². The van der Waals surface area contributed by atoms with E-state index in [1.54, 1.807) is 12.1 Å². The van der Waals surface area contributed by atoms with Gasteiger partial charge in [-0.05, 0) is 118 Å². The lowest BCUT2D eigenvalue weighted by atomic mass is 9.76. The molecule has 5 aromatic rings. The molecule has 3 aliphatic rings. The molecular weight excluding hydrogens is 813 g/mol. The van der Waals surface area contributed by atoms with Gasteiger partial charge in [0.15, 0.2) is 11.5 Å². The van der Waals surface area contributed by atoms with Crippen LogP contribution in [-0.4, -0.2) is 37.5 Å². The molecule has 0 bridgehead atoms. The Morgan fingerprint density at radius 1 is 0.815 bits per heavy atom. The van der Waals surface area contributed by atoms with Crippen molar-refractivity contribution in [2.75, 3.05) is 29.5 Å². The van der Waals surface area contributed by atoms with Gasteiger partial charge in [-0.1, -0.05) is 84.4 Å². The number of rotatable bonds is 9. The summed E-state index contributed by atoms with van der Waals surface area (Å²) in [6.07, 6.45) is 3.31.